The average molecular weight is 434 g/mol. The van der Waals surface area contributed by atoms with Crippen molar-refractivity contribution >= 4 is 17.4 Å². The summed E-state index contributed by atoms with van der Waals surface area (Å²) in [6.07, 6.45) is 0. The van der Waals surface area contributed by atoms with E-state index >= 15 is 0 Å². The van der Waals surface area contributed by atoms with Crippen LogP contribution in [-0.4, -0.2) is 15.2 Å². The Morgan fingerprint density at radius 2 is 1.27 bits per heavy atom. The molecule has 2 N–H and O–H groups in total. The topological polar surface area (TPSA) is 147 Å². The lowest BCUT2D eigenvalue weighted by atomic mass is 10.1. The maximum absolute atomic E-state index is 11.2. The van der Waals surface area contributed by atoms with Crippen molar-refractivity contribution in [1.82, 2.24) is 10.3 Å². The van der Waals surface area contributed by atoms with Gasteiger partial charge in [-0.2, -0.15) is 0 Å². The van der Waals surface area contributed by atoms with Gasteiger partial charge in [0.25, 0.3) is 10.8 Å². The zero-order valence-corrected chi connectivity index (χ0v) is 16.5. The number of aryl methyl sites for hydroxylation is 2. The van der Waals surface area contributed by atoms with Gasteiger partial charge in [0, 0.05) is 11.1 Å². The molecule has 2 heterocycles. The quantitative estimate of drug-likeness (QED) is 0.373. The first kappa shape index (κ1) is 20.7. The molecule has 0 fully saturated rings. The van der Waals surface area contributed by atoms with Crippen LogP contribution in [0, 0.1) is 33.8 Å². The Hall–Kier alpha value is -3.99. The predicted molar refractivity (Wildman–Crippen MR) is 105 cm³/mol. The highest BCUT2D eigenvalue weighted by Gasteiger charge is 2.27. The first-order valence-electron chi connectivity index (χ1n) is 8.51. The fourth-order valence-corrected chi connectivity index (χ4v) is 2.75. The second-order valence-electron chi connectivity index (χ2n) is 6.25. The van der Waals surface area contributed by atoms with Gasteiger partial charge in [0.05, 0.1) is 0 Å². The second kappa shape index (κ2) is 8.57. The van der Waals surface area contributed by atoms with Gasteiger partial charge in [0.1, 0.15) is 0 Å². The van der Waals surface area contributed by atoms with Crippen molar-refractivity contribution < 1.29 is 23.4 Å². The van der Waals surface area contributed by atoms with Gasteiger partial charge < -0.3 is 10.1 Å². The molecule has 11 nitrogen and oxygen atoms in total. The van der Waals surface area contributed by atoms with Gasteiger partial charge in [-0.25, -0.2) is 0 Å². The van der Waals surface area contributed by atoms with Gasteiger partial charge in [0.15, 0.2) is 9.20 Å². The molecular weight excluding hydrogens is 418 g/mol. The van der Waals surface area contributed by atoms with Crippen LogP contribution in [0.5, 0.6) is 0 Å². The van der Waals surface area contributed by atoms with Gasteiger partial charge in [-0.1, -0.05) is 49.8 Å². The van der Waals surface area contributed by atoms with Crippen LogP contribution < -0.4 is 9.20 Å². The fourth-order valence-electron chi connectivity index (χ4n) is 2.54. The van der Waals surface area contributed by atoms with Crippen LogP contribution in [0.2, 0.25) is 5.15 Å². The number of nitrogens with one attached hydrogen (secondary N) is 2. The molecule has 0 saturated carbocycles. The van der Waals surface area contributed by atoms with E-state index in [0.717, 1.165) is 16.7 Å². The molecule has 4 rings (SSSR count). The van der Waals surface area contributed by atoms with Gasteiger partial charge in [0.2, 0.25) is 0 Å². The summed E-state index contributed by atoms with van der Waals surface area (Å²) in [5, 5.41) is 15.1. The van der Waals surface area contributed by atoms with E-state index in [1.807, 2.05) is 43.3 Å². The van der Waals surface area contributed by atoms with E-state index in [4.69, 9.17) is 11.6 Å². The molecule has 0 amide bonds. The van der Waals surface area contributed by atoms with E-state index in [1.165, 1.54) is 0 Å². The van der Waals surface area contributed by atoms with Crippen LogP contribution in [0.1, 0.15) is 11.1 Å². The standard InChI is InChI=1S/C9H8ClN2O2.C9H8N3O4/c1-6-2-4-7(5-3-6)8-9(10)11-14-12(8)13;1-6-2-4-7(5-3-6)8-9(11(13)14)10-16-12(8)15/h2-5,11H,1H3;2-5,10H,1H3/q2*+1. The van der Waals surface area contributed by atoms with Crippen molar-refractivity contribution in [2.45, 2.75) is 13.8 Å². The molecule has 0 atom stereocenters. The van der Waals surface area contributed by atoms with Crippen molar-refractivity contribution in [1.29, 1.82) is 0 Å². The maximum Gasteiger partial charge on any atom is 0.415 e. The SMILES string of the molecule is Cc1ccc(-c2c(Cl)[nH]o[n+]2=O)cc1.Cc1ccc(-c2c([N+](=O)[O-])[nH]o[n+]2=O)cc1. The van der Waals surface area contributed by atoms with Crippen LogP contribution in [0.15, 0.2) is 57.8 Å². The Balaban J connectivity index is 0.000000172. The van der Waals surface area contributed by atoms with E-state index in [9.17, 15) is 19.9 Å². The lowest BCUT2D eigenvalue weighted by Gasteiger charge is -1.94. The molecule has 0 aliphatic heterocycles. The summed E-state index contributed by atoms with van der Waals surface area (Å²) in [6, 6.07) is 14.2. The number of hydrogen-bond donors (Lipinski definition) is 2. The van der Waals surface area contributed by atoms with Crippen LogP contribution >= 0.6 is 11.6 Å². The van der Waals surface area contributed by atoms with Crippen LogP contribution in [0.3, 0.4) is 0 Å². The van der Waals surface area contributed by atoms with Crippen molar-refractivity contribution in [2.24, 2.45) is 0 Å². The predicted octanol–water partition coefficient (Wildman–Crippen LogP) is 3.56. The molecule has 12 heteroatoms. The summed E-state index contributed by atoms with van der Waals surface area (Å²) in [7, 11) is 0. The van der Waals surface area contributed by atoms with Crippen molar-refractivity contribution in [3.05, 3.63) is 84.7 Å². The van der Waals surface area contributed by atoms with E-state index in [2.05, 4.69) is 14.4 Å². The molecule has 4 aromatic rings. The maximum atomic E-state index is 11.2. The molecule has 0 aliphatic carbocycles. The molecule has 0 unspecified atom stereocenters. The van der Waals surface area contributed by atoms with Crippen LogP contribution in [0.25, 0.3) is 22.5 Å². The van der Waals surface area contributed by atoms with Crippen LogP contribution in [-0.2, 0) is 0 Å². The van der Waals surface area contributed by atoms with Crippen LogP contribution in [0.4, 0.5) is 5.82 Å². The summed E-state index contributed by atoms with van der Waals surface area (Å²) in [5.74, 6) is -0.459. The number of nitro groups is 1. The average Bonchev–Trinajstić information content (AvgIpc) is 3.26. The summed E-state index contributed by atoms with van der Waals surface area (Å²) in [6.45, 7) is 3.85. The molecule has 30 heavy (non-hydrogen) atoms. The summed E-state index contributed by atoms with van der Waals surface area (Å²) in [4.78, 5) is 32.3. The van der Waals surface area contributed by atoms with Crippen molar-refractivity contribution in [3.63, 3.8) is 0 Å². The van der Waals surface area contributed by atoms with Gasteiger partial charge in [-0.05, 0) is 69.6 Å². The zero-order valence-electron chi connectivity index (χ0n) is 15.8. The lowest BCUT2D eigenvalue weighted by molar-refractivity contribution is -0.704. The highest BCUT2D eigenvalue weighted by molar-refractivity contribution is 6.31. The minimum absolute atomic E-state index is 0.0861. The van der Waals surface area contributed by atoms with E-state index in [1.54, 1.807) is 24.3 Å². The first-order chi connectivity index (χ1) is 14.3. The Morgan fingerprint density at radius 1 is 0.833 bits per heavy atom. The molecule has 2 aromatic carbocycles. The molecule has 2 aromatic heterocycles. The summed E-state index contributed by atoms with van der Waals surface area (Å²) in [5.41, 5.74) is 3.43. The monoisotopic (exact) mass is 433 g/mol. The number of aromatic amines is 2. The third kappa shape index (κ3) is 4.36. The number of nitrogens with zero attached hydrogens (tertiary/aromatic N) is 3. The van der Waals surface area contributed by atoms with E-state index < -0.39 is 10.7 Å². The summed E-state index contributed by atoms with van der Waals surface area (Å²) >= 11 is 5.75. The van der Waals surface area contributed by atoms with Crippen molar-refractivity contribution in [3.8, 4) is 22.5 Å². The molecule has 0 radical (unpaired) electrons. The second-order valence-corrected chi connectivity index (χ2v) is 6.63. The smallest absolute Gasteiger partial charge is 0.358 e. The zero-order chi connectivity index (χ0) is 21.8. The van der Waals surface area contributed by atoms with E-state index in [0.29, 0.717) is 15.9 Å². The molecule has 154 valence electrons. The summed E-state index contributed by atoms with van der Waals surface area (Å²) < 4.78 is 9.26. The highest BCUT2D eigenvalue weighted by Crippen LogP contribution is 2.24. The normalized spacial score (nSPS) is 10.4. The third-order valence-corrected chi connectivity index (χ3v) is 4.33. The molecule has 0 saturated heterocycles. The molecule has 0 spiro atoms. The Morgan fingerprint density at radius 3 is 1.70 bits per heavy atom. The van der Waals surface area contributed by atoms with Gasteiger partial charge >= 0.3 is 11.5 Å². The largest absolute Gasteiger partial charge is 0.415 e. The highest BCUT2D eigenvalue weighted by atomic mass is 35.5. The number of H-pyrrole nitrogens is 2. The number of hydrogen-bond acceptors (Lipinski definition) is 6. The fraction of sp³-hybridized carbons (Fsp3) is 0.111. The Kier molecular flexibility index (Phi) is 5.93. The lowest BCUT2D eigenvalue weighted by Crippen LogP contribution is -2.12. The molecule has 0 bridgehead atoms. The number of halogens is 1. The number of aromatic nitrogens is 4. The molecular formula is C18H16ClN5O6+2. The number of rotatable bonds is 3. The number of benzene rings is 2. The first-order valence-corrected chi connectivity index (χ1v) is 8.88. The van der Waals surface area contributed by atoms with Gasteiger partial charge in [-0.3, -0.25) is 0 Å². The van der Waals surface area contributed by atoms with Crippen molar-refractivity contribution in [2.75, 3.05) is 0 Å². The Labute approximate surface area is 172 Å². The van der Waals surface area contributed by atoms with Gasteiger partial charge in [-0.15, -0.1) is 0 Å². The third-order valence-electron chi connectivity index (χ3n) is 4.07. The Bertz CT molecular complexity index is 1280. The minimum Gasteiger partial charge on any atom is -0.358 e. The molecule has 0 aliphatic rings. The van der Waals surface area contributed by atoms with E-state index in [-0.39, 0.29) is 15.4 Å². The minimum atomic E-state index is -0.701.